The summed E-state index contributed by atoms with van der Waals surface area (Å²) >= 11 is 0. The van der Waals surface area contributed by atoms with E-state index in [0.29, 0.717) is 0 Å². The largest absolute Gasteiger partial charge is 0.394 e. The second kappa shape index (κ2) is 11.8. The van der Waals surface area contributed by atoms with E-state index in [2.05, 4.69) is 0 Å². The minimum absolute atomic E-state index is 0.0208. The summed E-state index contributed by atoms with van der Waals surface area (Å²) in [5, 5.41) is 49.0. The molecule has 0 saturated carbocycles. The topological polar surface area (TPSA) is 121 Å². The average Bonchev–Trinajstić information content (AvgIpc) is 2.17. The number of aliphatic hydroxyl groups excluding tert-OH is 6. The lowest BCUT2D eigenvalue weighted by Crippen LogP contribution is -2.23. The van der Waals surface area contributed by atoms with Gasteiger partial charge in [0.05, 0.1) is 38.6 Å². The van der Waals surface area contributed by atoms with Crippen molar-refractivity contribution >= 4 is 0 Å². The van der Waals surface area contributed by atoms with Gasteiger partial charge in [0.15, 0.2) is 0 Å². The highest BCUT2D eigenvalue weighted by Gasteiger charge is 2.08. The van der Waals surface area contributed by atoms with Gasteiger partial charge in [-0.05, 0) is 0 Å². The van der Waals surface area contributed by atoms with Gasteiger partial charge >= 0.3 is 0 Å². The Bertz CT molecular complexity index is 79.1. The summed E-state index contributed by atoms with van der Waals surface area (Å²) in [4.78, 5) is 0. The summed E-state index contributed by atoms with van der Waals surface area (Å²) in [6.07, 6.45) is -1.83. The molecule has 2 atom stereocenters. The highest BCUT2D eigenvalue weighted by atomic mass is 16.3. The van der Waals surface area contributed by atoms with Crippen molar-refractivity contribution in [3.63, 3.8) is 0 Å². The molecule has 0 aromatic carbocycles. The van der Waals surface area contributed by atoms with E-state index in [0.717, 1.165) is 0 Å². The van der Waals surface area contributed by atoms with E-state index < -0.39 is 12.2 Å². The van der Waals surface area contributed by atoms with Crippen LogP contribution >= 0.6 is 0 Å². The fourth-order valence-corrected chi connectivity index (χ4v) is 0.463. The van der Waals surface area contributed by atoms with Crippen molar-refractivity contribution in [1.82, 2.24) is 0 Å². The molecule has 0 aromatic rings. The summed E-state index contributed by atoms with van der Waals surface area (Å²) in [6.45, 7) is -1.01. The summed E-state index contributed by atoms with van der Waals surface area (Å²) in [7, 11) is 0. The Balaban J connectivity index is 0. The van der Waals surface area contributed by atoms with Gasteiger partial charge in [0.25, 0.3) is 0 Å². The first-order chi connectivity index (χ1) is 6.12. The summed E-state index contributed by atoms with van der Waals surface area (Å²) in [6, 6.07) is 0. The first-order valence-electron chi connectivity index (χ1n) is 3.91. The van der Waals surface area contributed by atoms with E-state index in [9.17, 15) is 0 Å². The van der Waals surface area contributed by atoms with Gasteiger partial charge in [0, 0.05) is 6.42 Å². The molecule has 0 saturated heterocycles. The Labute approximate surface area is 76.7 Å². The van der Waals surface area contributed by atoms with E-state index >= 15 is 0 Å². The number of rotatable bonds is 5. The molecule has 82 valence electrons. The predicted octanol–water partition coefficient (Wildman–Crippen LogP) is -2.95. The zero-order chi connectivity index (χ0) is 10.7. The standard InChI is InChI=1S/C5H12O4.C2H6O2/c6-2-4(8)1-5(9)3-7;3-1-2-4/h4-9H,1-3H2;3-4H,1-2H2. The molecule has 0 bridgehead atoms. The second-order valence-corrected chi connectivity index (χ2v) is 2.36. The molecular weight excluding hydrogens is 180 g/mol. The minimum atomic E-state index is -0.924. The Morgan fingerprint density at radius 3 is 1.15 bits per heavy atom. The Hall–Kier alpha value is -0.240. The molecule has 0 aliphatic heterocycles. The molecule has 0 rings (SSSR count). The van der Waals surface area contributed by atoms with E-state index in [-0.39, 0.29) is 32.8 Å². The van der Waals surface area contributed by atoms with Crippen LogP contribution in [-0.4, -0.2) is 69.3 Å². The third kappa shape index (κ3) is 14.6. The molecule has 0 radical (unpaired) electrons. The second-order valence-electron chi connectivity index (χ2n) is 2.36. The van der Waals surface area contributed by atoms with Gasteiger partial charge in [-0.1, -0.05) is 0 Å². The highest BCUT2D eigenvalue weighted by Crippen LogP contribution is 1.95. The Morgan fingerprint density at radius 2 is 1.00 bits per heavy atom. The molecule has 0 aliphatic carbocycles. The van der Waals surface area contributed by atoms with Crippen LogP contribution in [0.15, 0.2) is 0 Å². The average molecular weight is 198 g/mol. The van der Waals surface area contributed by atoms with Crippen molar-refractivity contribution in [2.75, 3.05) is 26.4 Å². The SMILES string of the molecule is OCC(O)CC(O)CO.OCCO. The monoisotopic (exact) mass is 198 g/mol. The summed E-state index contributed by atoms with van der Waals surface area (Å²) < 4.78 is 0. The first kappa shape index (κ1) is 15.2. The van der Waals surface area contributed by atoms with Gasteiger partial charge in [-0.15, -0.1) is 0 Å². The zero-order valence-electron chi connectivity index (χ0n) is 7.37. The molecule has 0 fully saturated rings. The summed E-state index contributed by atoms with van der Waals surface area (Å²) in [5.74, 6) is 0. The minimum Gasteiger partial charge on any atom is -0.394 e. The Kier molecular flexibility index (Phi) is 13.8. The van der Waals surface area contributed by atoms with Gasteiger partial charge < -0.3 is 30.6 Å². The normalized spacial score (nSPS) is 14.3. The van der Waals surface area contributed by atoms with Gasteiger partial charge in [-0.2, -0.15) is 0 Å². The van der Waals surface area contributed by atoms with Gasteiger partial charge in [-0.3, -0.25) is 0 Å². The quantitative estimate of drug-likeness (QED) is 0.281. The highest BCUT2D eigenvalue weighted by molar-refractivity contribution is 4.59. The zero-order valence-corrected chi connectivity index (χ0v) is 7.37. The number of aliphatic hydroxyl groups is 6. The van der Waals surface area contributed by atoms with E-state index in [1.165, 1.54) is 0 Å². The lowest BCUT2D eigenvalue weighted by molar-refractivity contribution is 0.0182. The van der Waals surface area contributed by atoms with Crippen LogP contribution < -0.4 is 0 Å². The molecule has 13 heavy (non-hydrogen) atoms. The molecule has 6 N–H and O–H groups in total. The third-order valence-corrected chi connectivity index (χ3v) is 1.07. The molecule has 6 nitrogen and oxygen atoms in total. The van der Waals surface area contributed by atoms with Gasteiger partial charge in [0.2, 0.25) is 0 Å². The number of hydrogen-bond acceptors (Lipinski definition) is 6. The van der Waals surface area contributed by atoms with Crippen LogP contribution in [0.5, 0.6) is 0 Å². The van der Waals surface area contributed by atoms with Crippen molar-refractivity contribution in [3.05, 3.63) is 0 Å². The fourth-order valence-electron chi connectivity index (χ4n) is 0.463. The Morgan fingerprint density at radius 1 is 0.692 bits per heavy atom. The van der Waals surface area contributed by atoms with Crippen molar-refractivity contribution in [3.8, 4) is 0 Å². The maximum absolute atomic E-state index is 8.64. The number of hydrogen-bond donors (Lipinski definition) is 6. The third-order valence-electron chi connectivity index (χ3n) is 1.07. The summed E-state index contributed by atoms with van der Waals surface area (Å²) in [5.41, 5.74) is 0. The molecular formula is C7H18O6. The van der Waals surface area contributed by atoms with Crippen molar-refractivity contribution < 1.29 is 30.6 Å². The van der Waals surface area contributed by atoms with E-state index in [1.807, 2.05) is 0 Å². The van der Waals surface area contributed by atoms with Crippen molar-refractivity contribution in [1.29, 1.82) is 0 Å². The van der Waals surface area contributed by atoms with E-state index in [1.54, 1.807) is 0 Å². The predicted molar refractivity (Wildman–Crippen MR) is 45.0 cm³/mol. The van der Waals surface area contributed by atoms with Crippen molar-refractivity contribution in [2.24, 2.45) is 0 Å². The maximum atomic E-state index is 8.64. The first-order valence-corrected chi connectivity index (χ1v) is 3.91. The van der Waals surface area contributed by atoms with Crippen LogP contribution in [0.4, 0.5) is 0 Å². The smallest absolute Gasteiger partial charge is 0.0796 e. The van der Waals surface area contributed by atoms with Crippen LogP contribution in [0.25, 0.3) is 0 Å². The molecule has 0 aromatic heterocycles. The van der Waals surface area contributed by atoms with Crippen LogP contribution in [-0.2, 0) is 0 Å². The van der Waals surface area contributed by atoms with Crippen LogP contribution in [0.2, 0.25) is 0 Å². The molecule has 0 aliphatic rings. The molecule has 0 heterocycles. The van der Waals surface area contributed by atoms with Crippen LogP contribution in [0.1, 0.15) is 6.42 Å². The van der Waals surface area contributed by atoms with Gasteiger partial charge in [-0.25, -0.2) is 0 Å². The lowest BCUT2D eigenvalue weighted by Gasteiger charge is -2.09. The fraction of sp³-hybridized carbons (Fsp3) is 1.00. The van der Waals surface area contributed by atoms with Crippen molar-refractivity contribution in [2.45, 2.75) is 18.6 Å². The molecule has 0 spiro atoms. The molecule has 6 heteroatoms. The lowest BCUT2D eigenvalue weighted by atomic mass is 10.2. The van der Waals surface area contributed by atoms with Gasteiger partial charge in [0.1, 0.15) is 0 Å². The molecule has 0 amide bonds. The van der Waals surface area contributed by atoms with Crippen LogP contribution in [0.3, 0.4) is 0 Å². The maximum Gasteiger partial charge on any atom is 0.0796 e. The van der Waals surface area contributed by atoms with E-state index in [4.69, 9.17) is 30.6 Å². The van der Waals surface area contributed by atoms with Crippen LogP contribution in [0, 0.1) is 0 Å². The molecule has 2 unspecified atom stereocenters.